The first kappa shape index (κ1) is 50.1. The number of nitrogens with zero attached hydrogens (tertiary/aromatic N) is 1. The summed E-state index contributed by atoms with van der Waals surface area (Å²) in [6, 6.07) is 63.2. The van der Waals surface area contributed by atoms with Crippen LogP contribution in [0.5, 0.6) is 23.0 Å². The second-order valence-corrected chi connectivity index (χ2v) is 19.2. The van der Waals surface area contributed by atoms with Crippen molar-refractivity contribution in [3.05, 3.63) is 298 Å². The van der Waals surface area contributed by atoms with Crippen molar-refractivity contribution < 1.29 is 28.5 Å². The molecule has 0 atom stereocenters. The molecule has 0 saturated carbocycles. The summed E-state index contributed by atoms with van der Waals surface area (Å²) in [5, 5.41) is 11.1. The molecule has 8 bridgehead atoms. The summed E-state index contributed by atoms with van der Waals surface area (Å²) in [7, 11) is 0. The maximum Gasteiger partial charge on any atom is 0.126 e. The second kappa shape index (κ2) is 24.5. The van der Waals surface area contributed by atoms with Gasteiger partial charge in [0.1, 0.15) is 56.0 Å². The summed E-state index contributed by atoms with van der Waals surface area (Å²) >= 11 is 0. The second-order valence-electron chi connectivity index (χ2n) is 19.2. The fraction of sp³-hybridized carbons (Fsp3) is 0.194. The van der Waals surface area contributed by atoms with Crippen LogP contribution in [0.2, 0.25) is 0 Å². The first-order chi connectivity index (χ1) is 35.9. The summed E-state index contributed by atoms with van der Waals surface area (Å²) in [5.41, 5.74) is 14.4. The van der Waals surface area contributed by atoms with Crippen LogP contribution in [0.1, 0.15) is 77.9 Å². The third-order valence-electron chi connectivity index (χ3n) is 13.6. The van der Waals surface area contributed by atoms with Crippen LogP contribution < -0.4 is 18.9 Å². The number of ether oxygens (including phenoxy) is 4. The Labute approximate surface area is 432 Å². The van der Waals surface area contributed by atoms with E-state index in [9.17, 15) is 5.11 Å². The van der Waals surface area contributed by atoms with Crippen LogP contribution in [0.15, 0.2) is 220 Å². The number of para-hydroxylation sites is 2. The van der Waals surface area contributed by atoms with E-state index in [0.29, 0.717) is 63.1 Å². The summed E-state index contributed by atoms with van der Waals surface area (Å²) in [6.45, 7) is 17.0. The van der Waals surface area contributed by atoms with Crippen LogP contribution in [-0.4, -0.2) is 29.2 Å². The first-order valence-electron chi connectivity index (χ1n) is 25.4. The number of rotatable bonds is 21. The maximum absolute atomic E-state index is 11.1. The third-order valence-corrected chi connectivity index (χ3v) is 13.6. The zero-order chi connectivity index (χ0) is 50.2. The lowest BCUT2D eigenvalue weighted by atomic mass is 9.89. The van der Waals surface area contributed by atoms with E-state index >= 15 is 0 Å². The van der Waals surface area contributed by atoms with Gasteiger partial charge in [0.05, 0.1) is 26.2 Å². The smallest absolute Gasteiger partial charge is 0.126 e. The molecule has 9 rings (SSSR count). The molecule has 6 heteroatoms. The van der Waals surface area contributed by atoms with Crippen molar-refractivity contribution in [2.75, 3.05) is 19.6 Å². The van der Waals surface area contributed by atoms with Gasteiger partial charge >= 0.3 is 0 Å². The van der Waals surface area contributed by atoms with Crippen molar-refractivity contribution in [1.29, 1.82) is 0 Å². The van der Waals surface area contributed by atoms with Crippen LogP contribution in [0, 0.1) is 0 Å². The molecule has 1 N–H and O–H groups in total. The van der Waals surface area contributed by atoms with Gasteiger partial charge in [-0.3, -0.25) is 0 Å². The molecule has 0 radical (unpaired) electrons. The Kier molecular flexibility index (Phi) is 16.8. The minimum absolute atomic E-state index is 0.135. The predicted octanol–water partition coefficient (Wildman–Crippen LogP) is 14.0. The van der Waals surface area contributed by atoms with E-state index in [1.807, 2.05) is 66.8 Å². The minimum Gasteiger partial charge on any atom is -0.488 e. The zero-order valence-corrected chi connectivity index (χ0v) is 41.9. The molecule has 0 fully saturated rings. The van der Waals surface area contributed by atoms with Crippen LogP contribution in [0.3, 0.4) is 0 Å². The van der Waals surface area contributed by atoms with Gasteiger partial charge in [-0.05, 0) is 115 Å². The summed E-state index contributed by atoms with van der Waals surface area (Å²) < 4.78 is 29.0. The zero-order valence-electron chi connectivity index (χ0n) is 41.9. The molecule has 0 unspecified atom stereocenters. The Morgan fingerprint density at radius 1 is 0.342 bits per heavy atom. The summed E-state index contributed by atoms with van der Waals surface area (Å²) in [5.74, 6) is 3.28. The molecule has 1 aliphatic carbocycles. The normalized spacial score (nSPS) is 12.1. The van der Waals surface area contributed by atoms with Gasteiger partial charge in [-0.15, -0.1) is 0 Å². The molecule has 1 aliphatic rings. The molecule has 8 aromatic carbocycles. The summed E-state index contributed by atoms with van der Waals surface area (Å²) in [6.07, 6.45) is 8.06. The highest BCUT2D eigenvalue weighted by Crippen LogP contribution is 2.41. The highest BCUT2D eigenvalue weighted by atomic mass is 16.5. The van der Waals surface area contributed by atoms with Crippen molar-refractivity contribution in [2.24, 2.45) is 0 Å². The van der Waals surface area contributed by atoms with E-state index in [2.05, 4.69) is 153 Å². The molecular weight excluding hydrogens is 899 g/mol. The lowest BCUT2D eigenvalue weighted by molar-refractivity contribution is -0.924. The highest BCUT2D eigenvalue weighted by Gasteiger charge is 2.28. The molecule has 368 valence electrons. The molecule has 0 saturated heterocycles. The molecule has 73 heavy (non-hydrogen) atoms. The van der Waals surface area contributed by atoms with Crippen molar-refractivity contribution in [2.45, 2.75) is 65.3 Å². The molecular formula is C67H66NO5+. The molecule has 8 aromatic rings. The largest absolute Gasteiger partial charge is 0.488 e. The average molecular weight is 965 g/mol. The Morgan fingerprint density at radius 2 is 0.616 bits per heavy atom. The van der Waals surface area contributed by atoms with Gasteiger partial charge in [0, 0.05) is 31.2 Å². The Balaban J connectivity index is 1.29. The fourth-order valence-electron chi connectivity index (χ4n) is 10.3. The molecule has 0 aliphatic heterocycles. The number of aliphatic hydroxyl groups excluding tert-OH is 1. The van der Waals surface area contributed by atoms with Crippen molar-refractivity contribution in [1.82, 2.24) is 0 Å². The number of quaternary nitrogens is 1. The molecule has 0 amide bonds. The monoisotopic (exact) mass is 964 g/mol. The number of benzene rings is 8. The number of aliphatic hydroxyl groups is 1. The maximum atomic E-state index is 11.1. The van der Waals surface area contributed by atoms with E-state index in [1.165, 1.54) is 0 Å². The van der Waals surface area contributed by atoms with Crippen LogP contribution >= 0.6 is 0 Å². The number of hydrogen-bond acceptors (Lipinski definition) is 5. The minimum atomic E-state index is -0.135. The van der Waals surface area contributed by atoms with E-state index in [4.69, 9.17) is 18.9 Å². The van der Waals surface area contributed by atoms with E-state index < -0.39 is 0 Å². The van der Waals surface area contributed by atoms with Gasteiger partial charge < -0.3 is 28.5 Å². The number of hydrogen-bond donors (Lipinski definition) is 1. The predicted molar refractivity (Wildman–Crippen MR) is 295 cm³/mol. The molecule has 6 nitrogen and oxygen atoms in total. The number of fused-ring (bicyclic) bond motifs is 8. The molecule has 0 spiro atoms. The first-order valence-corrected chi connectivity index (χ1v) is 25.4. The lowest BCUT2D eigenvalue weighted by Crippen LogP contribution is -2.47. The van der Waals surface area contributed by atoms with Gasteiger partial charge in [0.25, 0.3) is 0 Å². The Hall–Kier alpha value is -7.90. The summed E-state index contributed by atoms with van der Waals surface area (Å²) in [4.78, 5) is 0. The SMILES string of the molecule is C=CC[N+](CC=C)(CC=C)Cc1cc2c(OCc3ccccc3)c(c1)Cc1cc(CO)cc(c1OCc1ccccc1)Cc1cccc(c1OCc1ccccc1)Cc1cccc(c1OCc1ccccc1)C2. The Morgan fingerprint density at radius 3 is 0.918 bits per heavy atom. The van der Waals surface area contributed by atoms with Crippen molar-refractivity contribution >= 4 is 0 Å². The Bertz CT molecular complexity index is 3090. The molecule has 0 aromatic heterocycles. The van der Waals surface area contributed by atoms with Gasteiger partial charge in [-0.1, -0.05) is 177 Å². The van der Waals surface area contributed by atoms with E-state index in [0.717, 1.165) is 121 Å². The van der Waals surface area contributed by atoms with Gasteiger partial charge in [-0.2, -0.15) is 0 Å². The quantitative estimate of drug-likeness (QED) is 0.0574. The van der Waals surface area contributed by atoms with Crippen LogP contribution in [-0.2, 0) is 65.3 Å². The van der Waals surface area contributed by atoms with E-state index in [-0.39, 0.29) is 6.61 Å². The third kappa shape index (κ3) is 12.8. The average Bonchev–Trinajstić information content (AvgIpc) is 3.41. The van der Waals surface area contributed by atoms with Gasteiger partial charge in [-0.25, -0.2) is 0 Å². The van der Waals surface area contributed by atoms with E-state index in [1.54, 1.807) is 0 Å². The highest BCUT2D eigenvalue weighted by molar-refractivity contribution is 5.57. The van der Waals surface area contributed by atoms with Crippen LogP contribution in [0.4, 0.5) is 0 Å². The fourth-order valence-corrected chi connectivity index (χ4v) is 10.3. The lowest BCUT2D eigenvalue weighted by Gasteiger charge is -2.36. The topological polar surface area (TPSA) is 57.2 Å². The van der Waals surface area contributed by atoms with Crippen molar-refractivity contribution in [3.63, 3.8) is 0 Å². The van der Waals surface area contributed by atoms with Gasteiger partial charge in [0.15, 0.2) is 0 Å². The van der Waals surface area contributed by atoms with Crippen molar-refractivity contribution in [3.8, 4) is 23.0 Å². The van der Waals surface area contributed by atoms with Gasteiger partial charge in [0.2, 0.25) is 0 Å². The standard InChI is InChI=1S/C67H66NO5/c1-4-33-68(34-5-2,35-6-3)44-54-36-60-41-58-31-19-29-56(64(58)70-46-50-21-11-7-12-22-50)40-57-30-20-32-59(65(57)71-47-51-23-13-8-14-24-51)42-62-38-55(45-69)39-63(67(62)73-49-53-27-17-10-18-28-53)43-61(37-54)66(60)72-48-52-25-15-9-16-26-52/h4-32,36-39,69H,1-3,33-35,40-49H2/q+1. The molecule has 0 heterocycles. The van der Waals surface area contributed by atoms with Crippen LogP contribution in [0.25, 0.3) is 0 Å².